The van der Waals surface area contributed by atoms with Crippen LogP contribution in [0.3, 0.4) is 0 Å². The summed E-state index contributed by atoms with van der Waals surface area (Å²) in [5.41, 5.74) is 0. The van der Waals surface area contributed by atoms with Crippen LogP contribution in [-0.4, -0.2) is 36.6 Å². The summed E-state index contributed by atoms with van der Waals surface area (Å²) in [4.78, 5) is 23.2. The van der Waals surface area contributed by atoms with E-state index < -0.39 is 0 Å². The molecule has 0 aliphatic carbocycles. The molecule has 1 aliphatic rings. The van der Waals surface area contributed by atoms with Crippen LogP contribution in [0.5, 0.6) is 5.75 Å². The van der Waals surface area contributed by atoms with Crippen molar-refractivity contribution in [3.63, 3.8) is 0 Å². The van der Waals surface area contributed by atoms with Crippen LogP contribution < -0.4 is 9.64 Å². The fourth-order valence-corrected chi connectivity index (χ4v) is 3.34. The van der Waals surface area contributed by atoms with Crippen molar-refractivity contribution < 1.29 is 14.3 Å². The average Bonchev–Trinajstić information content (AvgIpc) is 3.24. The highest BCUT2D eigenvalue weighted by Gasteiger charge is 2.25. The molecular formula is C15H17N3O3S. The summed E-state index contributed by atoms with van der Waals surface area (Å²) in [6.45, 7) is 0.762. The number of nitrogens with zero attached hydrogens (tertiary/aromatic N) is 3. The van der Waals surface area contributed by atoms with E-state index in [1.807, 2.05) is 0 Å². The second-order valence-electron chi connectivity index (χ2n) is 4.96. The van der Waals surface area contributed by atoms with Gasteiger partial charge in [-0.3, -0.25) is 9.69 Å². The minimum absolute atomic E-state index is 0.0289. The van der Waals surface area contributed by atoms with Crippen LogP contribution in [0.25, 0.3) is 0 Å². The van der Waals surface area contributed by atoms with Gasteiger partial charge < -0.3 is 9.47 Å². The smallest absolute Gasteiger partial charge is 0.270 e. The van der Waals surface area contributed by atoms with Crippen molar-refractivity contribution in [1.29, 1.82) is 0 Å². The van der Waals surface area contributed by atoms with Crippen LogP contribution in [-0.2, 0) is 4.74 Å². The lowest BCUT2D eigenvalue weighted by Gasteiger charge is -2.17. The number of hydrogen-bond donors (Lipinski definition) is 0. The van der Waals surface area contributed by atoms with Crippen molar-refractivity contribution >= 4 is 23.1 Å². The van der Waals surface area contributed by atoms with Crippen molar-refractivity contribution in [2.45, 2.75) is 18.9 Å². The highest BCUT2D eigenvalue weighted by Crippen LogP contribution is 2.32. The molecule has 1 unspecified atom stereocenters. The lowest BCUT2D eigenvalue weighted by molar-refractivity contribution is 0.0995. The van der Waals surface area contributed by atoms with Crippen LogP contribution in [0.4, 0.5) is 5.82 Å². The number of anilines is 1. The van der Waals surface area contributed by atoms with E-state index in [0.717, 1.165) is 24.5 Å². The Bertz CT molecular complexity index is 668. The highest BCUT2D eigenvalue weighted by atomic mass is 32.1. The Kier molecular flexibility index (Phi) is 4.35. The van der Waals surface area contributed by atoms with Gasteiger partial charge in [0.2, 0.25) is 0 Å². The Labute approximate surface area is 132 Å². The number of carbonyl (C=O) groups excluding carboxylic acids is 1. The minimum Gasteiger partial charge on any atom is -0.493 e. The number of hydrogen-bond acceptors (Lipinski definition) is 6. The fraction of sp³-hybridized carbons (Fsp3) is 0.400. The van der Waals surface area contributed by atoms with Gasteiger partial charge in [0.1, 0.15) is 16.0 Å². The molecule has 0 aromatic carbocycles. The van der Waals surface area contributed by atoms with E-state index in [4.69, 9.17) is 9.47 Å². The molecule has 1 amide bonds. The van der Waals surface area contributed by atoms with Crippen molar-refractivity contribution in [1.82, 2.24) is 9.97 Å². The van der Waals surface area contributed by atoms with E-state index in [9.17, 15) is 4.79 Å². The molecule has 0 bridgehead atoms. The minimum atomic E-state index is -0.154. The lowest BCUT2D eigenvalue weighted by atomic mass is 10.2. The largest absolute Gasteiger partial charge is 0.493 e. The molecule has 2 aromatic rings. The van der Waals surface area contributed by atoms with Gasteiger partial charge in [-0.2, -0.15) is 0 Å². The lowest BCUT2D eigenvalue weighted by Crippen LogP contribution is -2.26. The fourth-order valence-electron chi connectivity index (χ4n) is 2.36. The number of aromatic nitrogens is 2. The number of rotatable bonds is 4. The maximum Gasteiger partial charge on any atom is 0.270 e. The zero-order chi connectivity index (χ0) is 15.5. The standard InChI is InChI=1S/C15H17N3O3S/c1-18(13-10(20-2)5-3-7-16-13)15(19)12-9-17-14(22-12)11-6-4-8-21-11/h3,5,7,9,11H,4,6,8H2,1-2H3. The van der Waals surface area contributed by atoms with E-state index in [1.54, 1.807) is 38.7 Å². The molecular weight excluding hydrogens is 302 g/mol. The molecule has 3 rings (SSSR count). The van der Waals surface area contributed by atoms with Gasteiger partial charge in [0.25, 0.3) is 5.91 Å². The van der Waals surface area contributed by atoms with Crippen LogP contribution in [0.1, 0.15) is 33.6 Å². The SMILES string of the molecule is COc1cccnc1N(C)C(=O)c1cnc(C2CCCO2)s1. The number of amides is 1. The van der Waals surface area contributed by atoms with Gasteiger partial charge in [-0.1, -0.05) is 0 Å². The second-order valence-corrected chi connectivity index (χ2v) is 6.02. The van der Waals surface area contributed by atoms with Crippen molar-refractivity contribution in [3.05, 3.63) is 34.4 Å². The molecule has 22 heavy (non-hydrogen) atoms. The average molecular weight is 319 g/mol. The van der Waals surface area contributed by atoms with Crippen LogP contribution in [0, 0.1) is 0 Å². The first-order chi connectivity index (χ1) is 10.7. The molecule has 0 N–H and O–H groups in total. The number of pyridine rings is 1. The van der Waals surface area contributed by atoms with E-state index >= 15 is 0 Å². The quantitative estimate of drug-likeness (QED) is 0.867. The van der Waals surface area contributed by atoms with E-state index in [1.165, 1.54) is 16.2 Å². The maximum absolute atomic E-state index is 12.6. The molecule has 0 spiro atoms. The summed E-state index contributed by atoms with van der Waals surface area (Å²) in [6, 6.07) is 3.54. The molecule has 2 aromatic heterocycles. The molecule has 116 valence electrons. The number of thiazole rings is 1. The van der Waals surface area contributed by atoms with Gasteiger partial charge in [-0.15, -0.1) is 11.3 Å². The molecule has 6 nitrogen and oxygen atoms in total. The summed E-state index contributed by atoms with van der Waals surface area (Å²) >= 11 is 1.38. The van der Waals surface area contributed by atoms with E-state index in [0.29, 0.717) is 16.4 Å². The molecule has 3 heterocycles. The summed E-state index contributed by atoms with van der Waals surface area (Å²) in [5, 5.41) is 0.863. The number of ether oxygens (including phenoxy) is 2. The van der Waals surface area contributed by atoms with Gasteiger partial charge >= 0.3 is 0 Å². The molecule has 1 atom stereocenters. The monoisotopic (exact) mass is 319 g/mol. The van der Waals surface area contributed by atoms with Gasteiger partial charge in [-0.25, -0.2) is 9.97 Å². The first kappa shape index (κ1) is 14.9. The predicted octanol–water partition coefficient (Wildman–Crippen LogP) is 2.67. The molecule has 7 heteroatoms. The third-order valence-corrected chi connectivity index (χ3v) is 4.61. The third-order valence-electron chi connectivity index (χ3n) is 3.53. The summed E-state index contributed by atoms with van der Waals surface area (Å²) in [7, 11) is 3.24. The Hall–Kier alpha value is -1.99. The molecule has 0 radical (unpaired) electrons. The second kappa shape index (κ2) is 6.41. The Morgan fingerprint density at radius 1 is 1.50 bits per heavy atom. The van der Waals surface area contributed by atoms with Gasteiger partial charge in [0, 0.05) is 19.9 Å². The van der Waals surface area contributed by atoms with Crippen LogP contribution in [0.15, 0.2) is 24.5 Å². The predicted molar refractivity (Wildman–Crippen MR) is 83.6 cm³/mol. The van der Waals surface area contributed by atoms with E-state index in [2.05, 4.69) is 9.97 Å². The van der Waals surface area contributed by atoms with Crippen molar-refractivity contribution in [3.8, 4) is 5.75 Å². The van der Waals surface area contributed by atoms with Gasteiger partial charge in [-0.05, 0) is 25.0 Å². The maximum atomic E-state index is 12.6. The third kappa shape index (κ3) is 2.82. The molecule has 1 fully saturated rings. The zero-order valence-electron chi connectivity index (χ0n) is 12.5. The summed E-state index contributed by atoms with van der Waals surface area (Å²) in [5.74, 6) is 0.892. The van der Waals surface area contributed by atoms with Crippen molar-refractivity contribution in [2.24, 2.45) is 0 Å². The Balaban J connectivity index is 1.81. The van der Waals surface area contributed by atoms with Gasteiger partial charge in [0.15, 0.2) is 11.6 Å². The first-order valence-electron chi connectivity index (χ1n) is 7.05. The van der Waals surface area contributed by atoms with Crippen molar-refractivity contribution in [2.75, 3.05) is 25.7 Å². The molecule has 1 saturated heterocycles. The van der Waals surface area contributed by atoms with Crippen LogP contribution in [0.2, 0.25) is 0 Å². The first-order valence-corrected chi connectivity index (χ1v) is 7.86. The Morgan fingerprint density at radius 3 is 3.09 bits per heavy atom. The number of methoxy groups -OCH3 is 1. The normalized spacial score (nSPS) is 17.5. The van der Waals surface area contributed by atoms with E-state index in [-0.39, 0.29) is 12.0 Å². The summed E-state index contributed by atoms with van der Waals surface area (Å²) < 4.78 is 10.9. The highest BCUT2D eigenvalue weighted by molar-refractivity contribution is 7.13. The molecule has 0 saturated carbocycles. The van der Waals surface area contributed by atoms with Crippen LogP contribution >= 0.6 is 11.3 Å². The topological polar surface area (TPSA) is 64.5 Å². The zero-order valence-corrected chi connectivity index (χ0v) is 13.3. The Morgan fingerprint density at radius 2 is 2.36 bits per heavy atom. The molecule has 1 aliphatic heterocycles. The number of carbonyl (C=O) groups is 1. The summed E-state index contributed by atoms with van der Waals surface area (Å²) in [6.07, 6.45) is 5.27. The van der Waals surface area contributed by atoms with Gasteiger partial charge in [0.05, 0.1) is 13.3 Å².